The quantitative estimate of drug-likeness (QED) is 0.940. The van der Waals surface area contributed by atoms with Gasteiger partial charge in [0.15, 0.2) is 0 Å². The summed E-state index contributed by atoms with van der Waals surface area (Å²) in [5.74, 6) is -0.540. The van der Waals surface area contributed by atoms with E-state index in [4.69, 9.17) is 11.6 Å². The number of hydrogen-bond acceptors (Lipinski definition) is 3. The molecule has 0 spiro atoms. The number of sulfonamides is 1. The number of aromatic nitrogens is 2. The lowest BCUT2D eigenvalue weighted by atomic mass is 10.3. The van der Waals surface area contributed by atoms with Crippen LogP contribution in [0.3, 0.4) is 0 Å². The maximum atomic E-state index is 12.9. The number of halogens is 2. The Morgan fingerprint density at radius 1 is 1.44 bits per heavy atom. The van der Waals surface area contributed by atoms with Crippen LogP contribution in [0.15, 0.2) is 35.6 Å². The molecule has 18 heavy (non-hydrogen) atoms. The Kier molecular flexibility index (Phi) is 3.27. The number of anilines is 1. The second-order valence-corrected chi connectivity index (χ2v) is 5.52. The summed E-state index contributed by atoms with van der Waals surface area (Å²) in [7, 11) is -2.35. The lowest BCUT2D eigenvalue weighted by Crippen LogP contribution is -2.14. The first kappa shape index (κ1) is 12.8. The van der Waals surface area contributed by atoms with Gasteiger partial charge in [0, 0.05) is 7.05 Å². The van der Waals surface area contributed by atoms with Gasteiger partial charge < -0.3 is 4.57 Å². The molecule has 0 aliphatic carbocycles. The van der Waals surface area contributed by atoms with Crippen molar-refractivity contribution >= 4 is 27.3 Å². The molecule has 0 amide bonds. The number of benzene rings is 1. The van der Waals surface area contributed by atoms with Crippen LogP contribution in [0.1, 0.15) is 0 Å². The molecule has 1 aromatic heterocycles. The zero-order valence-corrected chi connectivity index (χ0v) is 10.8. The fourth-order valence-corrected chi connectivity index (χ4v) is 2.81. The molecule has 0 atom stereocenters. The second kappa shape index (κ2) is 4.58. The largest absolute Gasteiger partial charge is 0.324 e. The van der Waals surface area contributed by atoms with Crippen LogP contribution in [0.2, 0.25) is 5.15 Å². The van der Waals surface area contributed by atoms with Gasteiger partial charge in [-0.3, -0.25) is 4.72 Å². The molecular weight excluding hydrogens is 281 g/mol. The standard InChI is InChI=1S/C10H9ClFN3O2S/c1-15-6-13-10(9(15)11)18(16,17)14-8-4-2-3-7(12)5-8/h2-6,14H,1H3. The number of nitrogens with one attached hydrogen (secondary N) is 1. The first-order chi connectivity index (χ1) is 8.40. The van der Waals surface area contributed by atoms with Crippen molar-refractivity contribution in [2.45, 2.75) is 5.03 Å². The molecule has 1 N–H and O–H groups in total. The predicted octanol–water partition coefficient (Wildman–Crippen LogP) is 2.01. The van der Waals surface area contributed by atoms with Gasteiger partial charge in [0.05, 0.1) is 12.0 Å². The van der Waals surface area contributed by atoms with Crippen LogP contribution >= 0.6 is 11.6 Å². The van der Waals surface area contributed by atoms with E-state index in [0.717, 1.165) is 6.07 Å². The van der Waals surface area contributed by atoms with E-state index in [2.05, 4.69) is 9.71 Å². The van der Waals surface area contributed by atoms with Gasteiger partial charge in [0.25, 0.3) is 10.0 Å². The van der Waals surface area contributed by atoms with E-state index >= 15 is 0 Å². The minimum absolute atomic E-state index is 0.0149. The fourth-order valence-electron chi connectivity index (χ4n) is 1.33. The summed E-state index contributed by atoms with van der Waals surface area (Å²) >= 11 is 5.80. The zero-order chi connectivity index (χ0) is 13.3. The van der Waals surface area contributed by atoms with E-state index in [9.17, 15) is 12.8 Å². The van der Waals surface area contributed by atoms with Crippen molar-refractivity contribution in [3.8, 4) is 0 Å². The van der Waals surface area contributed by atoms with E-state index in [1.165, 1.54) is 29.1 Å². The monoisotopic (exact) mass is 289 g/mol. The topological polar surface area (TPSA) is 64.0 Å². The summed E-state index contributed by atoms with van der Waals surface area (Å²) in [6.45, 7) is 0. The van der Waals surface area contributed by atoms with Gasteiger partial charge in [0.2, 0.25) is 5.03 Å². The Balaban J connectivity index is 2.36. The van der Waals surface area contributed by atoms with Crippen molar-refractivity contribution in [2.75, 3.05) is 4.72 Å². The summed E-state index contributed by atoms with van der Waals surface area (Å²) in [6, 6.07) is 5.10. The molecule has 96 valence electrons. The van der Waals surface area contributed by atoms with Crippen molar-refractivity contribution < 1.29 is 12.8 Å². The summed E-state index contributed by atoms with van der Waals surface area (Å²) in [5, 5.41) is -0.310. The van der Waals surface area contributed by atoms with Crippen LogP contribution in [-0.2, 0) is 17.1 Å². The van der Waals surface area contributed by atoms with Crippen molar-refractivity contribution in [3.63, 3.8) is 0 Å². The van der Waals surface area contributed by atoms with Crippen LogP contribution in [0, 0.1) is 5.82 Å². The molecule has 2 aromatic rings. The third kappa shape index (κ3) is 2.46. The number of imidazole rings is 1. The van der Waals surface area contributed by atoms with Crippen LogP contribution in [-0.4, -0.2) is 18.0 Å². The number of aryl methyl sites for hydroxylation is 1. The first-order valence-electron chi connectivity index (χ1n) is 4.85. The third-order valence-corrected chi connectivity index (χ3v) is 4.04. The molecule has 0 aliphatic heterocycles. The van der Waals surface area contributed by atoms with Crippen LogP contribution < -0.4 is 4.72 Å². The molecule has 0 radical (unpaired) electrons. The Labute approximate surface area is 108 Å². The molecule has 0 saturated carbocycles. The summed E-state index contributed by atoms with van der Waals surface area (Å²) in [5.41, 5.74) is 0.108. The van der Waals surface area contributed by atoms with E-state index in [1.807, 2.05) is 0 Å². The van der Waals surface area contributed by atoms with Crippen molar-refractivity contribution in [2.24, 2.45) is 7.05 Å². The van der Waals surface area contributed by atoms with Crippen LogP contribution in [0.4, 0.5) is 10.1 Å². The number of nitrogens with zero attached hydrogens (tertiary/aromatic N) is 2. The molecule has 2 rings (SSSR count). The molecule has 0 bridgehead atoms. The molecule has 5 nitrogen and oxygen atoms in total. The molecule has 0 saturated heterocycles. The smallest absolute Gasteiger partial charge is 0.282 e. The molecule has 1 heterocycles. The number of rotatable bonds is 3. The fraction of sp³-hybridized carbons (Fsp3) is 0.100. The molecule has 0 unspecified atom stereocenters. The van der Waals surface area contributed by atoms with Gasteiger partial charge in [-0.15, -0.1) is 0 Å². The number of hydrogen-bond donors (Lipinski definition) is 1. The lowest BCUT2D eigenvalue weighted by molar-refractivity contribution is 0.598. The van der Waals surface area contributed by atoms with Gasteiger partial charge in [-0.25, -0.2) is 9.37 Å². The maximum absolute atomic E-state index is 12.9. The highest BCUT2D eigenvalue weighted by atomic mass is 35.5. The van der Waals surface area contributed by atoms with E-state index in [0.29, 0.717) is 0 Å². The minimum atomic E-state index is -3.92. The Morgan fingerprint density at radius 3 is 2.72 bits per heavy atom. The minimum Gasteiger partial charge on any atom is -0.324 e. The summed E-state index contributed by atoms with van der Waals surface area (Å²) < 4.78 is 40.4. The SMILES string of the molecule is Cn1cnc(S(=O)(=O)Nc2cccc(F)c2)c1Cl. The summed E-state index contributed by atoms with van der Waals surface area (Å²) in [6.07, 6.45) is 1.28. The Morgan fingerprint density at radius 2 is 2.17 bits per heavy atom. The van der Waals surface area contributed by atoms with Crippen molar-refractivity contribution in [1.29, 1.82) is 0 Å². The second-order valence-electron chi connectivity index (χ2n) is 3.57. The van der Waals surface area contributed by atoms with Gasteiger partial charge in [-0.2, -0.15) is 8.42 Å². The predicted molar refractivity (Wildman–Crippen MR) is 65.4 cm³/mol. The van der Waals surface area contributed by atoms with E-state index in [-0.39, 0.29) is 15.9 Å². The van der Waals surface area contributed by atoms with Gasteiger partial charge in [-0.05, 0) is 18.2 Å². The molecule has 1 aromatic carbocycles. The lowest BCUT2D eigenvalue weighted by Gasteiger charge is -2.06. The van der Waals surface area contributed by atoms with Gasteiger partial charge in [-0.1, -0.05) is 17.7 Å². The maximum Gasteiger partial charge on any atom is 0.282 e. The first-order valence-corrected chi connectivity index (χ1v) is 6.71. The normalized spacial score (nSPS) is 11.5. The molecule has 0 fully saturated rings. The molecule has 0 aliphatic rings. The van der Waals surface area contributed by atoms with Crippen molar-refractivity contribution in [1.82, 2.24) is 9.55 Å². The Bertz CT molecular complexity index is 684. The van der Waals surface area contributed by atoms with Crippen LogP contribution in [0.25, 0.3) is 0 Å². The van der Waals surface area contributed by atoms with Crippen molar-refractivity contribution in [3.05, 3.63) is 41.6 Å². The molecule has 8 heteroatoms. The highest BCUT2D eigenvalue weighted by Crippen LogP contribution is 2.21. The van der Waals surface area contributed by atoms with Gasteiger partial charge >= 0.3 is 0 Å². The molecular formula is C10H9ClFN3O2S. The zero-order valence-electron chi connectivity index (χ0n) is 9.26. The third-order valence-electron chi connectivity index (χ3n) is 2.17. The summed E-state index contributed by atoms with van der Waals surface area (Å²) in [4.78, 5) is 3.69. The van der Waals surface area contributed by atoms with E-state index in [1.54, 1.807) is 7.05 Å². The van der Waals surface area contributed by atoms with Crippen LogP contribution in [0.5, 0.6) is 0 Å². The Hall–Kier alpha value is -1.60. The average Bonchev–Trinajstić information content (AvgIpc) is 2.59. The highest BCUT2D eigenvalue weighted by molar-refractivity contribution is 7.92. The van der Waals surface area contributed by atoms with Gasteiger partial charge in [0.1, 0.15) is 11.0 Å². The average molecular weight is 290 g/mol. The highest BCUT2D eigenvalue weighted by Gasteiger charge is 2.22. The van der Waals surface area contributed by atoms with E-state index < -0.39 is 15.8 Å².